The van der Waals surface area contributed by atoms with Crippen LogP contribution in [-0.2, 0) is 20.9 Å². The monoisotopic (exact) mass is 541 g/mol. The Hall–Kier alpha value is -4.05. The molecular weight excluding hydrogens is 510 g/mol. The number of nitrogens with one attached hydrogen (secondary N) is 2. The highest BCUT2D eigenvalue weighted by Gasteiger charge is 2.22. The first-order chi connectivity index (χ1) is 17.9. The third-order valence-corrected chi connectivity index (χ3v) is 5.19. The first-order valence-electron chi connectivity index (χ1n) is 12.0. The molecule has 0 saturated carbocycles. The number of benzene rings is 2. The fourth-order valence-corrected chi connectivity index (χ4v) is 3.48. The van der Waals surface area contributed by atoms with Crippen LogP contribution >= 0.6 is 11.6 Å². The van der Waals surface area contributed by atoms with Gasteiger partial charge in [-0.05, 0) is 70.5 Å². The molecule has 38 heavy (non-hydrogen) atoms. The number of alkyl carbamates (subject to hydrolysis) is 1. The third kappa shape index (κ3) is 8.52. The first-order valence-corrected chi connectivity index (χ1v) is 12.4. The minimum Gasteiger partial charge on any atom is -0.493 e. The number of nitrogens with zero attached hydrogens (tertiary/aromatic N) is 2. The van der Waals surface area contributed by atoms with Gasteiger partial charge in [0.25, 0.3) is 0 Å². The van der Waals surface area contributed by atoms with Crippen LogP contribution in [0, 0.1) is 0 Å². The molecule has 202 valence electrons. The van der Waals surface area contributed by atoms with E-state index in [0.717, 1.165) is 11.3 Å². The van der Waals surface area contributed by atoms with E-state index in [1.54, 1.807) is 57.2 Å². The summed E-state index contributed by atoms with van der Waals surface area (Å²) in [5, 5.41) is 6.20. The van der Waals surface area contributed by atoms with Crippen LogP contribution in [0.2, 0.25) is 5.02 Å². The molecular formula is C27H32ClN5O5. The quantitative estimate of drug-likeness (QED) is 0.301. The van der Waals surface area contributed by atoms with Crippen molar-refractivity contribution in [3.63, 3.8) is 0 Å². The number of amides is 1. The Morgan fingerprint density at radius 3 is 2.45 bits per heavy atom. The van der Waals surface area contributed by atoms with Gasteiger partial charge in [-0.15, -0.1) is 0 Å². The van der Waals surface area contributed by atoms with Crippen molar-refractivity contribution >= 4 is 41.1 Å². The van der Waals surface area contributed by atoms with Gasteiger partial charge in [-0.25, -0.2) is 14.6 Å². The van der Waals surface area contributed by atoms with Crippen LogP contribution in [0.1, 0.15) is 40.2 Å². The van der Waals surface area contributed by atoms with Crippen molar-refractivity contribution in [2.24, 2.45) is 0 Å². The lowest BCUT2D eigenvalue weighted by Crippen LogP contribution is -2.42. The highest BCUT2D eigenvalue weighted by Crippen LogP contribution is 2.33. The minimum absolute atomic E-state index is 0.0407. The zero-order valence-electron chi connectivity index (χ0n) is 22.0. The van der Waals surface area contributed by atoms with Crippen molar-refractivity contribution in [3.05, 3.63) is 59.1 Å². The summed E-state index contributed by atoms with van der Waals surface area (Å²) in [4.78, 5) is 32.7. The van der Waals surface area contributed by atoms with Crippen LogP contribution in [0.4, 0.5) is 22.2 Å². The van der Waals surface area contributed by atoms with Gasteiger partial charge in [0.15, 0.2) is 0 Å². The molecule has 0 radical (unpaired) electrons. The number of aromatic nitrogens is 2. The second-order valence-corrected chi connectivity index (χ2v) is 9.80. The van der Waals surface area contributed by atoms with Crippen LogP contribution in [0.25, 0.3) is 11.3 Å². The summed E-state index contributed by atoms with van der Waals surface area (Å²) in [5.74, 6) is 0.631. The largest absolute Gasteiger partial charge is 0.493 e. The van der Waals surface area contributed by atoms with Crippen molar-refractivity contribution in [1.29, 1.82) is 0 Å². The molecule has 0 bridgehead atoms. The Labute approximate surface area is 226 Å². The van der Waals surface area contributed by atoms with Crippen molar-refractivity contribution < 1.29 is 23.8 Å². The Balaban J connectivity index is 1.63. The van der Waals surface area contributed by atoms with Crippen LogP contribution in [-0.4, -0.2) is 40.3 Å². The minimum atomic E-state index is -0.856. The van der Waals surface area contributed by atoms with Crippen molar-refractivity contribution in [1.82, 2.24) is 15.3 Å². The zero-order valence-corrected chi connectivity index (χ0v) is 22.8. The number of nitrogen functional groups attached to an aromatic ring is 1. The Morgan fingerprint density at radius 1 is 1.08 bits per heavy atom. The highest BCUT2D eigenvalue weighted by molar-refractivity contribution is 6.31. The summed E-state index contributed by atoms with van der Waals surface area (Å²) in [7, 11) is 0. The SMILES string of the molecule is CCOc1ccc(Cl)cc1-c1cc(Nc2ccc(COC(=O)[C@H](C)NC(=O)OC(C)(C)C)cc2)nc(N)n1. The lowest BCUT2D eigenvalue weighted by Gasteiger charge is -2.21. The van der Waals surface area contributed by atoms with E-state index in [-0.39, 0.29) is 12.6 Å². The number of anilines is 3. The van der Waals surface area contributed by atoms with E-state index in [4.69, 9.17) is 31.5 Å². The zero-order chi connectivity index (χ0) is 27.9. The van der Waals surface area contributed by atoms with E-state index >= 15 is 0 Å². The van der Waals surface area contributed by atoms with E-state index in [1.807, 2.05) is 19.1 Å². The van der Waals surface area contributed by atoms with Gasteiger partial charge in [-0.3, -0.25) is 0 Å². The summed E-state index contributed by atoms with van der Waals surface area (Å²) in [6, 6.07) is 13.4. The molecule has 0 aliphatic heterocycles. The molecule has 2 aromatic carbocycles. The maximum Gasteiger partial charge on any atom is 0.408 e. The number of rotatable bonds is 9. The fourth-order valence-electron chi connectivity index (χ4n) is 3.31. The molecule has 3 rings (SSSR count). The summed E-state index contributed by atoms with van der Waals surface area (Å²) in [5.41, 5.74) is 8.06. The second kappa shape index (κ2) is 12.5. The molecule has 1 heterocycles. The Bertz CT molecular complexity index is 1280. The maximum absolute atomic E-state index is 12.2. The Kier molecular flexibility index (Phi) is 9.35. The summed E-state index contributed by atoms with van der Waals surface area (Å²) in [6.45, 7) is 9.17. The molecule has 0 spiro atoms. The van der Waals surface area contributed by atoms with Crippen molar-refractivity contribution in [2.45, 2.75) is 52.9 Å². The lowest BCUT2D eigenvalue weighted by molar-refractivity contribution is -0.147. The summed E-state index contributed by atoms with van der Waals surface area (Å²) < 4.78 is 16.2. The van der Waals surface area contributed by atoms with Gasteiger partial charge in [-0.2, -0.15) is 4.98 Å². The van der Waals surface area contributed by atoms with Gasteiger partial charge >= 0.3 is 12.1 Å². The van der Waals surface area contributed by atoms with Gasteiger partial charge in [0.05, 0.1) is 12.3 Å². The van der Waals surface area contributed by atoms with Gasteiger partial charge in [0, 0.05) is 22.3 Å². The maximum atomic E-state index is 12.2. The van der Waals surface area contributed by atoms with Crippen LogP contribution < -0.4 is 21.1 Å². The molecule has 1 aromatic heterocycles. The smallest absolute Gasteiger partial charge is 0.408 e. The molecule has 0 saturated heterocycles. The number of carbonyl (C=O) groups is 2. The number of hydrogen-bond donors (Lipinski definition) is 3. The molecule has 1 amide bonds. The molecule has 0 aliphatic rings. The molecule has 10 nitrogen and oxygen atoms in total. The van der Waals surface area contributed by atoms with Crippen LogP contribution in [0.5, 0.6) is 5.75 Å². The predicted molar refractivity (Wildman–Crippen MR) is 146 cm³/mol. The van der Waals surface area contributed by atoms with Gasteiger partial charge in [0.2, 0.25) is 5.95 Å². The molecule has 0 fully saturated rings. The van der Waals surface area contributed by atoms with Gasteiger partial charge in [0.1, 0.15) is 29.8 Å². The fraction of sp³-hybridized carbons (Fsp3) is 0.333. The van der Waals surface area contributed by atoms with Crippen molar-refractivity contribution in [2.75, 3.05) is 17.7 Å². The normalized spacial score (nSPS) is 11.8. The summed E-state index contributed by atoms with van der Waals surface area (Å²) >= 11 is 6.20. The number of carbonyl (C=O) groups excluding carboxylic acids is 2. The summed E-state index contributed by atoms with van der Waals surface area (Å²) in [6.07, 6.45) is -0.685. The predicted octanol–water partition coefficient (Wildman–Crippen LogP) is 5.48. The van der Waals surface area contributed by atoms with E-state index < -0.39 is 23.7 Å². The molecule has 3 aromatic rings. The van der Waals surface area contributed by atoms with Gasteiger partial charge < -0.3 is 30.6 Å². The van der Waals surface area contributed by atoms with E-state index in [0.29, 0.717) is 34.5 Å². The number of hydrogen-bond acceptors (Lipinski definition) is 9. The first kappa shape index (κ1) is 28.5. The average molecular weight is 542 g/mol. The van der Waals surface area contributed by atoms with E-state index in [2.05, 4.69) is 20.6 Å². The molecule has 0 unspecified atom stereocenters. The lowest BCUT2D eigenvalue weighted by atomic mass is 10.1. The average Bonchev–Trinajstić information content (AvgIpc) is 2.83. The molecule has 1 atom stereocenters. The van der Waals surface area contributed by atoms with E-state index in [9.17, 15) is 9.59 Å². The Morgan fingerprint density at radius 2 is 1.79 bits per heavy atom. The standard InChI is InChI=1S/C27H32ClN5O5/c1-6-36-22-12-9-18(28)13-20(22)21-14-23(33-25(29)32-21)31-19-10-7-17(8-11-19)15-37-24(34)16(2)30-26(35)38-27(3,4)5/h7-14,16H,6,15H2,1-5H3,(H,30,35)(H3,29,31,32,33)/t16-/m0/s1. The van der Waals surface area contributed by atoms with E-state index in [1.165, 1.54) is 6.92 Å². The molecule has 0 aliphatic carbocycles. The molecule has 11 heteroatoms. The molecule has 4 N–H and O–H groups in total. The highest BCUT2D eigenvalue weighted by atomic mass is 35.5. The number of nitrogens with two attached hydrogens (primary N) is 1. The second-order valence-electron chi connectivity index (χ2n) is 9.37. The topological polar surface area (TPSA) is 138 Å². The number of halogens is 1. The number of ether oxygens (including phenoxy) is 3. The number of esters is 1. The van der Waals surface area contributed by atoms with Crippen molar-refractivity contribution in [3.8, 4) is 17.0 Å². The van der Waals surface area contributed by atoms with Gasteiger partial charge in [-0.1, -0.05) is 23.7 Å². The third-order valence-electron chi connectivity index (χ3n) is 4.96. The van der Waals surface area contributed by atoms with Crippen LogP contribution in [0.15, 0.2) is 48.5 Å². The van der Waals surface area contributed by atoms with Crippen LogP contribution in [0.3, 0.4) is 0 Å².